The Morgan fingerprint density at radius 1 is 1.24 bits per heavy atom. The number of para-hydroxylation sites is 1. The number of esters is 1. The summed E-state index contributed by atoms with van der Waals surface area (Å²) in [6.45, 7) is 8.12. The Balaban J connectivity index is 1.77. The van der Waals surface area contributed by atoms with E-state index in [-0.39, 0.29) is 11.7 Å². The minimum atomic E-state index is -0.438. The highest BCUT2D eigenvalue weighted by molar-refractivity contribution is 6.32. The first-order valence-electron chi connectivity index (χ1n) is 8.76. The Labute approximate surface area is 153 Å². The number of hydrogen-bond donors (Lipinski definition) is 0. The molecule has 1 saturated carbocycles. The number of benzene rings is 1. The van der Waals surface area contributed by atoms with Crippen LogP contribution in [0.2, 0.25) is 5.02 Å². The third-order valence-corrected chi connectivity index (χ3v) is 5.98. The minimum Gasteiger partial charge on any atom is -0.422 e. The lowest BCUT2D eigenvalue weighted by Crippen LogP contribution is -2.18. The molecule has 4 heteroatoms. The summed E-state index contributed by atoms with van der Waals surface area (Å²) in [5.74, 6) is 0.946. The van der Waals surface area contributed by atoms with Crippen LogP contribution in [0.3, 0.4) is 0 Å². The van der Waals surface area contributed by atoms with Crippen LogP contribution < -0.4 is 4.74 Å². The van der Waals surface area contributed by atoms with Crippen LogP contribution in [0.1, 0.15) is 39.5 Å². The van der Waals surface area contributed by atoms with Crippen LogP contribution in [-0.4, -0.2) is 11.8 Å². The number of allylic oxidation sites excluding steroid dienone is 2. The van der Waals surface area contributed by atoms with Crippen LogP contribution in [0, 0.1) is 17.8 Å². The van der Waals surface area contributed by atoms with E-state index in [0.29, 0.717) is 34.6 Å². The number of fused-ring (bicyclic) bond motifs is 1. The highest BCUT2D eigenvalue weighted by Crippen LogP contribution is 2.45. The second-order valence-corrected chi connectivity index (χ2v) is 7.59. The molecule has 0 radical (unpaired) electrons. The van der Waals surface area contributed by atoms with E-state index in [1.807, 2.05) is 6.92 Å². The topological polar surface area (TPSA) is 43.4 Å². The third-order valence-electron chi connectivity index (χ3n) is 5.67. The zero-order chi connectivity index (χ0) is 18.1. The maximum Gasteiger partial charge on any atom is 0.339 e. The summed E-state index contributed by atoms with van der Waals surface area (Å²) in [6.07, 6.45) is 3.21. The summed E-state index contributed by atoms with van der Waals surface area (Å²) < 4.78 is 5.43. The Hall–Kier alpha value is -1.87. The van der Waals surface area contributed by atoms with Crippen molar-refractivity contribution >= 4 is 23.4 Å². The second-order valence-electron chi connectivity index (χ2n) is 7.18. The average Bonchev–Trinajstić information content (AvgIpc) is 2.77. The molecule has 25 heavy (non-hydrogen) atoms. The van der Waals surface area contributed by atoms with Crippen molar-refractivity contribution in [2.45, 2.75) is 39.5 Å². The average molecular weight is 359 g/mol. The largest absolute Gasteiger partial charge is 0.422 e. The van der Waals surface area contributed by atoms with Gasteiger partial charge in [0.05, 0.1) is 5.02 Å². The van der Waals surface area contributed by atoms with Gasteiger partial charge in [-0.3, -0.25) is 4.79 Å². The lowest BCUT2D eigenvalue weighted by Gasteiger charge is -2.19. The molecule has 3 atom stereocenters. The SMILES string of the molecule is C=C(C(=O)Oc1ccccc1Cl)[C@H]1CCC(C)[C@@H]2CC(=O)C(C)=C2C1. The van der Waals surface area contributed by atoms with E-state index in [0.717, 1.165) is 24.8 Å². The minimum absolute atomic E-state index is 0.0123. The van der Waals surface area contributed by atoms with Gasteiger partial charge < -0.3 is 4.74 Å². The third kappa shape index (κ3) is 3.57. The summed E-state index contributed by atoms with van der Waals surface area (Å²) >= 11 is 6.06. The molecule has 0 bridgehead atoms. The van der Waals surface area contributed by atoms with Gasteiger partial charge in [0, 0.05) is 12.0 Å². The number of carbonyl (C=O) groups excluding carboxylic acids is 2. The van der Waals surface area contributed by atoms with Crippen molar-refractivity contribution in [1.29, 1.82) is 0 Å². The van der Waals surface area contributed by atoms with E-state index < -0.39 is 5.97 Å². The monoisotopic (exact) mass is 358 g/mol. The zero-order valence-electron chi connectivity index (χ0n) is 14.7. The molecule has 0 N–H and O–H groups in total. The van der Waals surface area contributed by atoms with Gasteiger partial charge in [0.15, 0.2) is 5.78 Å². The highest BCUT2D eigenvalue weighted by atomic mass is 35.5. The molecule has 1 unspecified atom stereocenters. The Kier molecular flexibility index (Phi) is 5.14. The molecular weight excluding hydrogens is 336 g/mol. The Bertz CT molecular complexity index is 762. The molecule has 0 amide bonds. The smallest absolute Gasteiger partial charge is 0.339 e. The van der Waals surface area contributed by atoms with E-state index in [9.17, 15) is 9.59 Å². The summed E-state index contributed by atoms with van der Waals surface area (Å²) in [6, 6.07) is 6.91. The molecule has 0 aliphatic heterocycles. The number of carbonyl (C=O) groups is 2. The van der Waals surface area contributed by atoms with Crippen LogP contribution in [-0.2, 0) is 9.59 Å². The quantitative estimate of drug-likeness (QED) is 0.426. The number of hydrogen-bond acceptors (Lipinski definition) is 3. The maximum atomic E-state index is 12.5. The van der Waals surface area contributed by atoms with Gasteiger partial charge in [-0.1, -0.05) is 42.8 Å². The standard InChI is InChI=1S/C21H23ClO3/c1-12-8-9-15(10-17-14(3)19(23)11-16(12)17)13(2)21(24)25-20-7-5-4-6-18(20)22/h4-7,12,15-16H,2,8-11H2,1,3H3/t12?,15-,16-/m0/s1. The van der Waals surface area contributed by atoms with E-state index in [1.54, 1.807) is 24.3 Å². The first-order valence-corrected chi connectivity index (χ1v) is 9.14. The number of rotatable bonds is 3. The molecule has 1 fully saturated rings. The van der Waals surface area contributed by atoms with E-state index in [1.165, 1.54) is 5.57 Å². The molecule has 2 aliphatic carbocycles. The molecule has 0 aromatic heterocycles. The van der Waals surface area contributed by atoms with Crippen LogP contribution in [0.5, 0.6) is 5.75 Å². The van der Waals surface area contributed by atoms with Gasteiger partial charge in [-0.25, -0.2) is 4.79 Å². The highest BCUT2D eigenvalue weighted by Gasteiger charge is 2.38. The van der Waals surface area contributed by atoms with Crippen LogP contribution in [0.25, 0.3) is 0 Å². The van der Waals surface area contributed by atoms with Crippen LogP contribution in [0.4, 0.5) is 0 Å². The predicted octanol–water partition coefficient (Wildman–Crippen LogP) is 5.14. The molecule has 3 nitrogen and oxygen atoms in total. The molecular formula is C21H23ClO3. The summed E-state index contributed by atoms with van der Waals surface area (Å²) in [4.78, 5) is 24.6. The number of ether oxygens (including phenoxy) is 1. The predicted molar refractivity (Wildman–Crippen MR) is 98.5 cm³/mol. The Morgan fingerprint density at radius 3 is 2.68 bits per heavy atom. The number of halogens is 1. The van der Waals surface area contributed by atoms with Gasteiger partial charge in [0.25, 0.3) is 0 Å². The van der Waals surface area contributed by atoms with Gasteiger partial charge in [-0.05, 0) is 61.6 Å². The molecule has 0 heterocycles. The van der Waals surface area contributed by atoms with Crippen molar-refractivity contribution in [3.8, 4) is 5.75 Å². The maximum absolute atomic E-state index is 12.5. The summed E-state index contributed by atoms with van der Waals surface area (Å²) in [7, 11) is 0. The van der Waals surface area contributed by atoms with E-state index in [2.05, 4.69) is 13.5 Å². The van der Waals surface area contributed by atoms with Gasteiger partial charge in [-0.15, -0.1) is 0 Å². The normalized spacial score (nSPS) is 26.2. The van der Waals surface area contributed by atoms with Crippen molar-refractivity contribution in [3.05, 3.63) is 52.6 Å². The van der Waals surface area contributed by atoms with Crippen molar-refractivity contribution in [2.24, 2.45) is 17.8 Å². The van der Waals surface area contributed by atoms with Gasteiger partial charge in [-0.2, -0.15) is 0 Å². The number of ketones is 1. The van der Waals surface area contributed by atoms with Crippen LogP contribution in [0.15, 0.2) is 47.6 Å². The molecule has 132 valence electrons. The molecule has 0 saturated heterocycles. The van der Waals surface area contributed by atoms with Crippen molar-refractivity contribution in [1.82, 2.24) is 0 Å². The summed E-state index contributed by atoms with van der Waals surface area (Å²) in [5, 5.41) is 0.401. The fraction of sp³-hybridized carbons (Fsp3) is 0.429. The fourth-order valence-electron chi connectivity index (χ4n) is 3.97. The lowest BCUT2D eigenvalue weighted by molar-refractivity contribution is -0.130. The van der Waals surface area contributed by atoms with Crippen LogP contribution >= 0.6 is 11.6 Å². The molecule has 0 spiro atoms. The Morgan fingerprint density at radius 2 is 1.96 bits per heavy atom. The molecule has 3 rings (SSSR count). The first kappa shape index (κ1) is 17.9. The molecule has 1 aromatic carbocycles. The number of Topliss-reactive ketones (excluding diaryl/α,β-unsaturated/α-hetero) is 1. The fourth-order valence-corrected chi connectivity index (χ4v) is 4.15. The van der Waals surface area contributed by atoms with Crippen molar-refractivity contribution in [3.63, 3.8) is 0 Å². The van der Waals surface area contributed by atoms with Crippen molar-refractivity contribution in [2.75, 3.05) is 0 Å². The molecule has 1 aromatic rings. The van der Waals surface area contributed by atoms with Crippen molar-refractivity contribution < 1.29 is 14.3 Å². The van der Waals surface area contributed by atoms with Gasteiger partial charge in [0.2, 0.25) is 0 Å². The lowest BCUT2D eigenvalue weighted by atomic mass is 9.86. The summed E-state index contributed by atoms with van der Waals surface area (Å²) in [5.41, 5.74) is 2.56. The second kappa shape index (κ2) is 7.17. The molecule has 2 aliphatic rings. The zero-order valence-corrected chi connectivity index (χ0v) is 15.4. The van der Waals surface area contributed by atoms with E-state index in [4.69, 9.17) is 16.3 Å². The van der Waals surface area contributed by atoms with Gasteiger partial charge in [0.1, 0.15) is 5.75 Å². The van der Waals surface area contributed by atoms with E-state index >= 15 is 0 Å². The first-order chi connectivity index (χ1) is 11.9. The van der Waals surface area contributed by atoms with Gasteiger partial charge >= 0.3 is 5.97 Å².